The van der Waals surface area contributed by atoms with E-state index in [1.807, 2.05) is 11.8 Å². The molecule has 6 nitrogen and oxygen atoms in total. The van der Waals surface area contributed by atoms with Crippen LogP contribution in [0.4, 0.5) is 4.79 Å². The number of carbonyl (C=O) groups excluding carboxylic acids is 2. The molecule has 0 spiro atoms. The highest BCUT2D eigenvalue weighted by Crippen LogP contribution is 2.33. The molecule has 0 aromatic carbocycles. The quantitative estimate of drug-likeness (QED) is 0.252. The van der Waals surface area contributed by atoms with Gasteiger partial charge in [0.25, 0.3) is 0 Å². The standard InChI is InChI=1S/C20H38N4O2S/c21-13-9-5-3-1-2-4-6-10-14-22-18(25)12-8-7-11-17-19-16(15-27-17)23-20(26)24-19/h16-17,19H,1-15,21H2,(H,22,25)(H2,23,24,26)/t16-,17-,19-/m0/s1. The van der Waals surface area contributed by atoms with Gasteiger partial charge < -0.3 is 21.7 Å². The van der Waals surface area contributed by atoms with Crippen LogP contribution in [0.5, 0.6) is 0 Å². The van der Waals surface area contributed by atoms with Crippen LogP contribution in [0, 0.1) is 0 Å². The summed E-state index contributed by atoms with van der Waals surface area (Å²) in [4.78, 5) is 23.3. The number of nitrogens with two attached hydrogens (primary N) is 1. The highest BCUT2D eigenvalue weighted by molar-refractivity contribution is 8.00. The maximum absolute atomic E-state index is 11.9. The Balaban J connectivity index is 1.36. The Morgan fingerprint density at radius 1 is 1.00 bits per heavy atom. The SMILES string of the molecule is NCCCCCCCCCCNC(=O)CCCC[C@@H]1SC[C@@H]2NC(=O)N[C@@H]21. The van der Waals surface area contributed by atoms with Gasteiger partial charge in [0.1, 0.15) is 0 Å². The van der Waals surface area contributed by atoms with E-state index in [0.717, 1.165) is 50.9 Å². The molecule has 0 aromatic rings. The van der Waals surface area contributed by atoms with Crippen molar-refractivity contribution in [1.82, 2.24) is 16.0 Å². The fourth-order valence-corrected chi connectivity index (χ4v) is 5.46. The van der Waals surface area contributed by atoms with Crippen molar-refractivity contribution in [1.29, 1.82) is 0 Å². The third-order valence-electron chi connectivity index (χ3n) is 5.53. The minimum atomic E-state index is -0.0266. The van der Waals surface area contributed by atoms with E-state index in [1.54, 1.807) is 0 Å². The number of nitrogens with one attached hydrogen (secondary N) is 3. The van der Waals surface area contributed by atoms with Crippen molar-refractivity contribution in [2.45, 2.75) is 94.4 Å². The van der Waals surface area contributed by atoms with Gasteiger partial charge in [0.15, 0.2) is 0 Å². The molecule has 27 heavy (non-hydrogen) atoms. The molecule has 0 aliphatic carbocycles. The largest absolute Gasteiger partial charge is 0.356 e. The van der Waals surface area contributed by atoms with Gasteiger partial charge >= 0.3 is 6.03 Å². The number of rotatable bonds is 15. The van der Waals surface area contributed by atoms with E-state index < -0.39 is 0 Å². The Morgan fingerprint density at radius 2 is 1.70 bits per heavy atom. The molecule has 0 saturated carbocycles. The number of hydrogen-bond acceptors (Lipinski definition) is 4. The second kappa shape index (κ2) is 13.3. The van der Waals surface area contributed by atoms with Crippen LogP contribution < -0.4 is 21.7 Å². The maximum Gasteiger partial charge on any atom is 0.315 e. The highest BCUT2D eigenvalue weighted by atomic mass is 32.2. The molecule has 2 fully saturated rings. The third kappa shape index (κ3) is 8.73. The number of unbranched alkanes of at least 4 members (excludes halogenated alkanes) is 8. The zero-order chi connectivity index (χ0) is 19.3. The second-order valence-electron chi connectivity index (χ2n) is 7.83. The van der Waals surface area contributed by atoms with E-state index >= 15 is 0 Å². The molecule has 156 valence electrons. The molecule has 3 atom stereocenters. The number of carbonyl (C=O) groups is 2. The van der Waals surface area contributed by atoms with Gasteiger partial charge in [0, 0.05) is 24.0 Å². The molecule has 2 heterocycles. The van der Waals surface area contributed by atoms with E-state index in [9.17, 15) is 9.59 Å². The first-order valence-corrected chi connectivity index (χ1v) is 11.9. The Bertz CT molecular complexity index is 450. The summed E-state index contributed by atoms with van der Waals surface area (Å²) in [5.41, 5.74) is 5.49. The predicted octanol–water partition coefficient (Wildman–Crippen LogP) is 2.91. The lowest BCUT2D eigenvalue weighted by atomic mass is 10.0. The minimum absolute atomic E-state index is 0.0266. The second-order valence-corrected chi connectivity index (χ2v) is 9.11. The van der Waals surface area contributed by atoms with Crippen molar-refractivity contribution in [3.63, 3.8) is 0 Å². The molecule has 0 radical (unpaired) electrons. The Morgan fingerprint density at radius 3 is 2.44 bits per heavy atom. The minimum Gasteiger partial charge on any atom is -0.356 e. The van der Waals surface area contributed by atoms with Crippen LogP contribution in [0.15, 0.2) is 0 Å². The monoisotopic (exact) mass is 398 g/mol. The summed E-state index contributed by atoms with van der Waals surface area (Å²) < 4.78 is 0. The number of thioether (sulfide) groups is 1. The van der Waals surface area contributed by atoms with Gasteiger partial charge in [0.05, 0.1) is 12.1 Å². The first-order chi connectivity index (χ1) is 13.2. The van der Waals surface area contributed by atoms with Crippen molar-refractivity contribution in [2.24, 2.45) is 5.73 Å². The molecule has 3 amide bonds. The zero-order valence-electron chi connectivity index (χ0n) is 16.6. The molecule has 5 N–H and O–H groups in total. The number of urea groups is 1. The maximum atomic E-state index is 11.9. The number of amides is 3. The van der Waals surface area contributed by atoms with Gasteiger partial charge in [-0.3, -0.25) is 4.79 Å². The van der Waals surface area contributed by atoms with Crippen molar-refractivity contribution < 1.29 is 9.59 Å². The Labute approximate surface area is 168 Å². The number of fused-ring (bicyclic) bond motifs is 1. The van der Waals surface area contributed by atoms with Crippen molar-refractivity contribution in [2.75, 3.05) is 18.8 Å². The molecule has 2 saturated heterocycles. The third-order valence-corrected chi connectivity index (χ3v) is 7.04. The fraction of sp³-hybridized carbons (Fsp3) is 0.900. The summed E-state index contributed by atoms with van der Waals surface area (Å²) in [7, 11) is 0. The molecule has 0 unspecified atom stereocenters. The summed E-state index contributed by atoms with van der Waals surface area (Å²) in [5.74, 6) is 1.19. The van der Waals surface area contributed by atoms with E-state index in [-0.39, 0.29) is 18.0 Å². The molecule has 0 aromatic heterocycles. The molecular formula is C20H38N4O2S. The van der Waals surface area contributed by atoms with Crippen LogP contribution >= 0.6 is 11.8 Å². The fourth-order valence-electron chi connectivity index (χ4n) is 3.92. The summed E-state index contributed by atoms with van der Waals surface area (Å²) in [6, 6.07) is 0.542. The van der Waals surface area contributed by atoms with Crippen LogP contribution in [-0.4, -0.2) is 48.1 Å². The Kier molecular flexibility index (Phi) is 11.0. The van der Waals surface area contributed by atoms with Gasteiger partial charge in [-0.1, -0.05) is 44.9 Å². The van der Waals surface area contributed by atoms with E-state index in [2.05, 4.69) is 16.0 Å². The normalized spacial score (nSPS) is 23.7. The molecule has 2 aliphatic heterocycles. The van der Waals surface area contributed by atoms with Gasteiger partial charge in [-0.15, -0.1) is 0 Å². The summed E-state index contributed by atoms with van der Waals surface area (Å²) >= 11 is 1.94. The van der Waals surface area contributed by atoms with E-state index in [0.29, 0.717) is 17.7 Å². The van der Waals surface area contributed by atoms with Crippen LogP contribution in [0.3, 0.4) is 0 Å². The first kappa shape index (κ1) is 22.3. The number of hydrogen-bond donors (Lipinski definition) is 4. The zero-order valence-corrected chi connectivity index (χ0v) is 17.5. The van der Waals surface area contributed by atoms with Gasteiger partial charge in [0.2, 0.25) is 5.91 Å². The average Bonchev–Trinajstić information content (AvgIpc) is 3.20. The lowest BCUT2D eigenvalue weighted by Gasteiger charge is -2.16. The lowest BCUT2D eigenvalue weighted by molar-refractivity contribution is -0.121. The van der Waals surface area contributed by atoms with Crippen LogP contribution in [0.1, 0.15) is 77.0 Å². The first-order valence-electron chi connectivity index (χ1n) is 10.9. The summed E-state index contributed by atoms with van der Waals surface area (Å²) in [5, 5.41) is 9.53. The van der Waals surface area contributed by atoms with E-state index in [1.165, 1.54) is 38.5 Å². The van der Waals surface area contributed by atoms with Gasteiger partial charge in [-0.25, -0.2) is 4.79 Å². The lowest BCUT2D eigenvalue weighted by Crippen LogP contribution is -2.36. The summed E-state index contributed by atoms with van der Waals surface area (Å²) in [6.45, 7) is 1.63. The van der Waals surface area contributed by atoms with Crippen molar-refractivity contribution in [3.8, 4) is 0 Å². The van der Waals surface area contributed by atoms with Gasteiger partial charge in [-0.2, -0.15) is 11.8 Å². The molecule has 0 bridgehead atoms. The topological polar surface area (TPSA) is 96.2 Å². The van der Waals surface area contributed by atoms with Crippen LogP contribution in [-0.2, 0) is 4.79 Å². The summed E-state index contributed by atoms with van der Waals surface area (Å²) in [6.07, 6.45) is 13.6. The highest BCUT2D eigenvalue weighted by Gasteiger charge is 2.42. The predicted molar refractivity (Wildman–Crippen MR) is 113 cm³/mol. The molecule has 2 aliphatic rings. The molecular weight excluding hydrogens is 360 g/mol. The van der Waals surface area contributed by atoms with Gasteiger partial charge in [-0.05, 0) is 32.2 Å². The molecule has 2 rings (SSSR count). The Hall–Kier alpha value is -0.950. The smallest absolute Gasteiger partial charge is 0.315 e. The molecule has 7 heteroatoms. The van der Waals surface area contributed by atoms with Crippen molar-refractivity contribution >= 4 is 23.7 Å². The van der Waals surface area contributed by atoms with Crippen LogP contribution in [0.25, 0.3) is 0 Å². The van der Waals surface area contributed by atoms with Crippen molar-refractivity contribution in [3.05, 3.63) is 0 Å². The van der Waals surface area contributed by atoms with Crippen LogP contribution in [0.2, 0.25) is 0 Å². The average molecular weight is 399 g/mol. The van der Waals surface area contributed by atoms with E-state index in [4.69, 9.17) is 5.73 Å².